The van der Waals surface area contributed by atoms with Gasteiger partial charge >= 0.3 is 0 Å². The van der Waals surface area contributed by atoms with Gasteiger partial charge in [-0.15, -0.1) is 0 Å². The minimum Gasteiger partial charge on any atom is -0.497 e. The Hall–Kier alpha value is -2.18. The summed E-state index contributed by atoms with van der Waals surface area (Å²) in [6, 6.07) is 14.9. The average Bonchev–Trinajstić information content (AvgIpc) is 2.71. The molecule has 27 heavy (non-hydrogen) atoms. The predicted octanol–water partition coefficient (Wildman–Crippen LogP) is 4.35. The van der Waals surface area contributed by atoms with Crippen LogP contribution in [0.4, 0.5) is 10.1 Å². The van der Waals surface area contributed by atoms with Crippen molar-refractivity contribution in [3.63, 3.8) is 0 Å². The third-order valence-corrected chi connectivity index (χ3v) is 5.16. The average molecular weight is 388 g/mol. The van der Waals surface area contributed by atoms with Crippen LogP contribution in [0.2, 0.25) is 0 Å². The molecule has 4 nitrogen and oxygen atoms in total. The maximum absolute atomic E-state index is 13.8. The topological polar surface area (TPSA) is 36.5 Å². The summed E-state index contributed by atoms with van der Waals surface area (Å²) in [4.78, 5) is 2.49. The lowest BCUT2D eigenvalue weighted by molar-refractivity contribution is 0.164. The zero-order valence-corrected chi connectivity index (χ0v) is 16.4. The summed E-state index contributed by atoms with van der Waals surface area (Å²) in [5, 5.41) is 6.64. The Kier molecular flexibility index (Phi) is 7.01. The summed E-state index contributed by atoms with van der Waals surface area (Å²) in [5.74, 6) is 0.533. The van der Waals surface area contributed by atoms with Gasteiger partial charge in [0, 0.05) is 6.54 Å². The molecule has 3 rings (SSSR count). The molecule has 2 aromatic rings. The first-order valence-electron chi connectivity index (χ1n) is 9.35. The first-order chi connectivity index (χ1) is 13.2. The van der Waals surface area contributed by atoms with E-state index >= 15 is 0 Å². The lowest BCUT2D eigenvalue weighted by Crippen LogP contribution is -2.41. The number of likely N-dealkylation sites (tertiary alicyclic amines) is 1. The highest BCUT2D eigenvalue weighted by Crippen LogP contribution is 2.26. The number of hydrogen-bond acceptors (Lipinski definition) is 3. The Morgan fingerprint density at radius 2 is 1.81 bits per heavy atom. The molecular formula is C21H26FN3OS. The van der Waals surface area contributed by atoms with E-state index in [2.05, 4.69) is 27.7 Å². The van der Waals surface area contributed by atoms with Crippen LogP contribution < -0.4 is 15.4 Å². The molecule has 0 bridgehead atoms. The van der Waals surface area contributed by atoms with Crippen LogP contribution >= 0.6 is 12.2 Å². The summed E-state index contributed by atoms with van der Waals surface area (Å²) in [7, 11) is 1.67. The van der Waals surface area contributed by atoms with E-state index in [1.54, 1.807) is 25.3 Å². The second-order valence-electron chi connectivity index (χ2n) is 6.70. The van der Waals surface area contributed by atoms with Crippen molar-refractivity contribution in [1.82, 2.24) is 10.2 Å². The minimum absolute atomic E-state index is 0.205. The molecule has 0 aromatic heterocycles. The number of ether oxygens (including phenoxy) is 1. The number of rotatable bonds is 6. The number of piperidine rings is 1. The minimum atomic E-state index is -0.315. The second kappa shape index (κ2) is 9.67. The predicted molar refractivity (Wildman–Crippen MR) is 112 cm³/mol. The van der Waals surface area contributed by atoms with Crippen molar-refractivity contribution >= 4 is 23.0 Å². The third-order valence-electron chi connectivity index (χ3n) is 4.91. The van der Waals surface area contributed by atoms with Gasteiger partial charge in [-0.1, -0.05) is 30.7 Å². The molecule has 1 saturated heterocycles. The standard InChI is InChI=1S/C21H26FN3OS/c1-26-17-11-9-16(10-12-17)20(25-13-5-2-6-14-25)15-23-21(27)24-19-8-4-3-7-18(19)22/h3-4,7-12,20H,2,5-6,13-15H2,1H3,(H2,23,24,27). The van der Waals surface area contributed by atoms with Crippen molar-refractivity contribution in [2.75, 3.05) is 32.1 Å². The number of nitrogens with zero attached hydrogens (tertiary/aromatic N) is 1. The zero-order valence-electron chi connectivity index (χ0n) is 15.6. The van der Waals surface area contributed by atoms with Crippen molar-refractivity contribution in [2.24, 2.45) is 0 Å². The van der Waals surface area contributed by atoms with Gasteiger partial charge in [-0.25, -0.2) is 4.39 Å². The highest BCUT2D eigenvalue weighted by Gasteiger charge is 2.22. The molecule has 1 aliphatic rings. The number of hydrogen-bond donors (Lipinski definition) is 2. The van der Waals surface area contributed by atoms with Gasteiger partial charge < -0.3 is 15.4 Å². The molecule has 0 aliphatic carbocycles. The second-order valence-corrected chi connectivity index (χ2v) is 7.11. The van der Waals surface area contributed by atoms with Crippen molar-refractivity contribution in [1.29, 1.82) is 0 Å². The van der Waals surface area contributed by atoms with Crippen LogP contribution in [0.15, 0.2) is 48.5 Å². The van der Waals surface area contributed by atoms with Gasteiger partial charge in [-0.3, -0.25) is 4.90 Å². The largest absolute Gasteiger partial charge is 0.497 e. The first-order valence-corrected chi connectivity index (χ1v) is 9.75. The third kappa shape index (κ3) is 5.40. The summed E-state index contributed by atoms with van der Waals surface area (Å²) >= 11 is 5.38. The van der Waals surface area contributed by atoms with Gasteiger partial charge in [0.2, 0.25) is 0 Å². The van der Waals surface area contributed by atoms with Crippen LogP contribution in [-0.2, 0) is 0 Å². The Morgan fingerprint density at radius 3 is 2.48 bits per heavy atom. The van der Waals surface area contributed by atoms with Crippen LogP contribution in [0.1, 0.15) is 30.9 Å². The molecule has 1 atom stereocenters. The smallest absolute Gasteiger partial charge is 0.170 e. The number of para-hydroxylation sites is 1. The van der Waals surface area contributed by atoms with E-state index in [-0.39, 0.29) is 11.9 Å². The van der Waals surface area contributed by atoms with Crippen molar-refractivity contribution in [3.05, 3.63) is 59.9 Å². The summed E-state index contributed by atoms with van der Waals surface area (Å²) in [6.07, 6.45) is 3.71. The van der Waals surface area contributed by atoms with E-state index in [9.17, 15) is 4.39 Å². The molecule has 1 aliphatic heterocycles. The normalized spacial score (nSPS) is 15.8. The first kappa shape index (κ1) is 19.6. The molecule has 6 heteroatoms. The van der Waals surface area contributed by atoms with Gasteiger partial charge in [0.1, 0.15) is 11.6 Å². The molecule has 2 N–H and O–H groups in total. The molecule has 0 saturated carbocycles. The molecule has 0 spiro atoms. The van der Waals surface area contributed by atoms with Crippen LogP contribution in [0.25, 0.3) is 0 Å². The molecule has 0 amide bonds. The van der Waals surface area contributed by atoms with Gasteiger partial charge in [0.25, 0.3) is 0 Å². The maximum Gasteiger partial charge on any atom is 0.170 e. The van der Waals surface area contributed by atoms with E-state index in [4.69, 9.17) is 17.0 Å². The Morgan fingerprint density at radius 1 is 1.11 bits per heavy atom. The number of nitrogens with one attached hydrogen (secondary N) is 2. The van der Waals surface area contributed by atoms with E-state index in [0.29, 0.717) is 17.3 Å². The summed E-state index contributed by atoms with van der Waals surface area (Å²) in [5.41, 5.74) is 1.60. The van der Waals surface area contributed by atoms with Crippen LogP contribution in [-0.4, -0.2) is 36.8 Å². The Bertz CT molecular complexity index is 747. The highest BCUT2D eigenvalue weighted by molar-refractivity contribution is 7.80. The monoisotopic (exact) mass is 387 g/mol. The fraction of sp³-hybridized carbons (Fsp3) is 0.381. The molecule has 1 fully saturated rings. The number of halogens is 1. The Balaban J connectivity index is 1.67. The lowest BCUT2D eigenvalue weighted by atomic mass is 10.0. The molecule has 2 aromatic carbocycles. The van der Waals surface area contributed by atoms with Crippen LogP contribution in [0, 0.1) is 5.82 Å². The van der Waals surface area contributed by atoms with E-state index in [0.717, 1.165) is 18.8 Å². The zero-order chi connectivity index (χ0) is 19.1. The fourth-order valence-electron chi connectivity index (χ4n) is 3.43. The van der Waals surface area contributed by atoms with Gasteiger partial charge in [-0.05, 0) is 68.0 Å². The van der Waals surface area contributed by atoms with Crippen molar-refractivity contribution in [2.45, 2.75) is 25.3 Å². The van der Waals surface area contributed by atoms with Crippen molar-refractivity contribution in [3.8, 4) is 5.75 Å². The number of benzene rings is 2. The van der Waals surface area contributed by atoms with Gasteiger partial charge in [-0.2, -0.15) is 0 Å². The molecular weight excluding hydrogens is 361 g/mol. The molecule has 1 unspecified atom stereocenters. The van der Waals surface area contributed by atoms with Crippen LogP contribution in [0.3, 0.4) is 0 Å². The summed E-state index contributed by atoms with van der Waals surface area (Å²) in [6.45, 7) is 2.81. The number of anilines is 1. The highest BCUT2D eigenvalue weighted by atomic mass is 32.1. The van der Waals surface area contributed by atoms with Crippen LogP contribution in [0.5, 0.6) is 5.75 Å². The van der Waals surface area contributed by atoms with Gasteiger partial charge in [0.05, 0.1) is 18.8 Å². The molecule has 144 valence electrons. The Labute approximate surface area is 165 Å². The fourth-order valence-corrected chi connectivity index (χ4v) is 3.63. The lowest BCUT2D eigenvalue weighted by Gasteiger charge is -2.35. The molecule has 0 radical (unpaired) electrons. The summed E-state index contributed by atoms with van der Waals surface area (Å²) < 4.78 is 19.1. The SMILES string of the molecule is COc1ccc(C(CNC(=S)Nc2ccccc2F)N2CCCCC2)cc1. The van der Waals surface area contributed by atoms with E-state index in [1.807, 2.05) is 12.1 Å². The molecule has 1 heterocycles. The van der Waals surface area contributed by atoms with E-state index < -0.39 is 0 Å². The van der Waals surface area contributed by atoms with Gasteiger partial charge in [0.15, 0.2) is 5.11 Å². The maximum atomic E-state index is 13.8. The quantitative estimate of drug-likeness (QED) is 0.721. The van der Waals surface area contributed by atoms with Crippen molar-refractivity contribution < 1.29 is 9.13 Å². The van der Waals surface area contributed by atoms with E-state index in [1.165, 1.54) is 30.9 Å². The number of thiocarbonyl (C=S) groups is 1. The number of methoxy groups -OCH3 is 1.